The Morgan fingerprint density at radius 3 is 2.66 bits per heavy atom. The van der Waals surface area contributed by atoms with Gasteiger partial charge in [0.15, 0.2) is 4.96 Å². The molecule has 4 heterocycles. The van der Waals surface area contributed by atoms with Crippen molar-refractivity contribution in [3.63, 3.8) is 0 Å². The summed E-state index contributed by atoms with van der Waals surface area (Å²) in [4.78, 5) is 27.2. The van der Waals surface area contributed by atoms with Crippen molar-refractivity contribution in [3.05, 3.63) is 59.7 Å². The number of benzene rings is 1. The molecule has 0 aliphatic heterocycles. The lowest BCUT2D eigenvalue weighted by molar-refractivity contribution is -0.117. The van der Waals surface area contributed by atoms with Crippen LogP contribution in [0.2, 0.25) is 0 Å². The fraction of sp³-hybridized carbons (Fsp3) is 0.261. The fourth-order valence-corrected chi connectivity index (χ4v) is 4.44. The van der Waals surface area contributed by atoms with E-state index in [0.29, 0.717) is 12.1 Å². The van der Waals surface area contributed by atoms with Gasteiger partial charge in [0.25, 0.3) is 0 Å². The van der Waals surface area contributed by atoms with Gasteiger partial charge in [0.1, 0.15) is 21.9 Å². The molecule has 5 rings (SSSR count). The molecular formula is C23H22N6O2S. The lowest BCUT2D eigenvalue weighted by Crippen LogP contribution is -2.09. The maximum Gasteiger partial charge on any atom is 0.221 e. The smallest absolute Gasteiger partial charge is 0.221 e. The van der Waals surface area contributed by atoms with Gasteiger partial charge in [-0.15, -0.1) is 0 Å². The fourth-order valence-electron chi connectivity index (χ4n) is 3.48. The predicted octanol–water partition coefficient (Wildman–Crippen LogP) is 4.23. The summed E-state index contributed by atoms with van der Waals surface area (Å²) in [5.41, 5.74) is 9.88. The summed E-state index contributed by atoms with van der Waals surface area (Å²) in [7, 11) is 0. The summed E-state index contributed by atoms with van der Waals surface area (Å²) in [6.07, 6.45) is 4.28. The van der Waals surface area contributed by atoms with Gasteiger partial charge in [-0.25, -0.2) is 15.0 Å². The number of nitrogens with zero attached hydrogens (tertiary/aromatic N) is 5. The van der Waals surface area contributed by atoms with Crippen LogP contribution in [-0.4, -0.2) is 30.3 Å². The topological polar surface area (TPSA) is 112 Å². The molecule has 0 spiro atoms. The average molecular weight is 447 g/mol. The van der Waals surface area contributed by atoms with Gasteiger partial charge in [0.2, 0.25) is 5.95 Å². The number of ketones is 1. The first-order valence-corrected chi connectivity index (χ1v) is 11.0. The number of imidazole rings is 1. The molecule has 0 unspecified atom stereocenters. The molecule has 1 aromatic carbocycles. The first-order chi connectivity index (χ1) is 15.3. The molecule has 9 heteroatoms. The Bertz CT molecular complexity index is 1440. The Kier molecular flexibility index (Phi) is 4.78. The highest BCUT2D eigenvalue weighted by Crippen LogP contribution is 2.28. The molecule has 0 saturated heterocycles. The van der Waals surface area contributed by atoms with Crippen LogP contribution in [0.5, 0.6) is 0 Å². The SMILES string of the molecule is CC(C)(C)c1cc(CC(=O)Cc2ccc(-c3cn4c(n3)sc3nc(N)ncc34)cc2)no1. The molecule has 32 heavy (non-hydrogen) atoms. The minimum atomic E-state index is -0.127. The van der Waals surface area contributed by atoms with Gasteiger partial charge < -0.3 is 10.3 Å². The maximum absolute atomic E-state index is 12.5. The van der Waals surface area contributed by atoms with Crippen molar-refractivity contribution in [2.45, 2.75) is 39.0 Å². The number of hydrogen-bond donors (Lipinski definition) is 1. The zero-order valence-electron chi connectivity index (χ0n) is 18.0. The van der Waals surface area contributed by atoms with Crippen LogP contribution in [0.3, 0.4) is 0 Å². The monoisotopic (exact) mass is 446 g/mol. The van der Waals surface area contributed by atoms with Crippen LogP contribution in [0.15, 0.2) is 47.2 Å². The summed E-state index contributed by atoms with van der Waals surface area (Å²) < 4.78 is 7.34. The molecule has 0 amide bonds. The van der Waals surface area contributed by atoms with Crippen LogP contribution in [0.1, 0.15) is 37.8 Å². The summed E-state index contributed by atoms with van der Waals surface area (Å²) in [6.45, 7) is 6.16. The highest BCUT2D eigenvalue weighted by molar-refractivity contribution is 7.23. The van der Waals surface area contributed by atoms with E-state index < -0.39 is 0 Å². The average Bonchev–Trinajstić information content (AvgIpc) is 3.42. The normalized spacial score (nSPS) is 12.1. The van der Waals surface area contributed by atoms with Crippen molar-refractivity contribution in [2.75, 3.05) is 5.73 Å². The van der Waals surface area contributed by atoms with Crippen molar-refractivity contribution in [1.29, 1.82) is 0 Å². The predicted molar refractivity (Wildman–Crippen MR) is 124 cm³/mol. The van der Waals surface area contributed by atoms with Crippen LogP contribution in [0.4, 0.5) is 5.95 Å². The second kappa shape index (κ2) is 7.52. The third-order valence-corrected chi connectivity index (χ3v) is 6.17. The standard InChI is InChI=1S/C23H22N6O2S/c1-23(2,3)19-10-15(28-31-19)9-16(30)8-13-4-6-14(7-5-13)17-12-29-18-11-25-21(24)27-20(18)32-22(29)26-17/h4-7,10-12H,8-9H2,1-3H3,(H2,24,25,27). The summed E-state index contributed by atoms with van der Waals surface area (Å²) in [5.74, 6) is 1.14. The second-order valence-electron chi connectivity index (χ2n) is 8.82. The van der Waals surface area contributed by atoms with Crippen LogP contribution >= 0.6 is 11.3 Å². The molecule has 0 fully saturated rings. The zero-order valence-corrected chi connectivity index (χ0v) is 18.8. The lowest BCUT2D eigenvalue weighted by Gasteiger charge is -2.12. The Labute approximate surface area is 188 Å². The molecule has 0 atom stereocenters. The Morgan fingerprint density at radius 2 is 1.94 bits per heavy atom. The quantitative estimate of drug-likeness (QED) is 0.430. The number of carbonyl (C=O) groups is 1. The van der Waals surface area contributed by atoms with Crippen LogP contribution in [-0.2, 0) is 23.1 Å². The second-order valence-corrected chi connectivity index (χ2v) is 9.78. The number of aromatic nitrogens is 5. The van der Waals surface area contributed by atoms with E-state index in [1.54, 1.807) is 6.20 Å². The van der Waals surface area contributed by atoms with Gasteiger partial charge >= 0.3 is 0 Å². The molecule has 0 radical (unpaired) electrons. The van der Waals surface area contributed by atoms with Gasteiger partial charge in [0.05, 0.1) is 24.0 Å². The molecule has 162 valence electrons. The molecule has 2 N–H and O–H groups in total. The van der Waals surface area contributed by atoms with E-state index in [9.17, 15) is 4.79 Å². The maximum atomic E-state index is 12.5. The lowest BCUT2D eigenvalue weighted by atomic mass is 9.93. The number of fused-ring (bicyclic) bond motifs is 3. The Balaban J connectivity index is 1.29. The van der Waals surface area contributed by atoms with Crippen LogP contribution < -0.4 is 5.73 Å². The zero-order chi connectivity index (χ0) is 22.5. The molecule has 5 aromatic rings. The van der Waals surface area contributed by atoms with E-state index >= 15 is 0 Å². The van der Waals surface area contributed by atoms with Gasteiger partial charge in [-0.05, 0) is 5.56 Å². The number of rotatable bonds is 5. The van der Waals surface area contributed by atoms with Crippen molar-refractivity contribution in [1.82, 2.24) is 24.5 Å². The van der Waals surface area contributed by atoms with Crippen LogP contribution in [0, 0.1) is 0 Å². The number of nitrogens with two attached hydrogens (primary N) is 1. The molecule has 0 aliphatic carbocycles. The minimum Gasteiger partial charge on any atom is -0.368 e. The van der Waals surface area contributed by atoms with E-state index in [4.69, 9.17) is 15.2 Å². The van der Waals surface area contributed by atoms with Gasteiger partial charge in [0, 0.05) is 29.7 Å². The highest BCUT2D eigenvalue weighted by Gasteiger charge is 2.20. The third-order valence-electron chi connectivity index (χ3n) is 5.20. The third kappa shape index (κ3) is 3.87. The Morgan fingerprint density at radius 1 is 1.16 bits per heavy atom. The number of Topliss-reactive ketones (excluding diaryl/α,β-unsaturated/α-hetero) is 1. The Hall–Kier alpha value is -3.59. The molecule has 0 aliphatic rings. The summed E-state index contributed by atoms with van der Waals surface area (Å²) in [6, 6.07) is 9.77. The van der Waals surface area contributed by atoms with E-state index in [-0.39, 0.29) is 23.6 Å². The molecule has 0 bridgehead atoms. The van der Waals surface area contributed by atoms with Crippen molar-refractivity contribution >= 4 is 38.4 Å². The molecule has 4 aromatic heterocycles. The first-order valence-electron chi connectivity index (χ1n) is 10.2. The summed E-state index contributed by atoms with van der Waals surface area (Å²) >= 11 is 1.47. The van der Waals surface area contributed by atoms with E-state index in [1.807, 2.05) is 40.9 Å². The first kappa shape index (κ1) is 20.3. The van der Waals surface area contributed by atoms with E-state index in [0.717, 1.165) is 37.9 Å². The van der Waals surface area contributed by atoms with E-state index in [1.165, 1.54) is 11.3 Å². The number of thiazole rings is 1. The number of nitrogen functional groups attached to an aromatic ring is 1. The molecular weight excluding hydrogens is 424 g/mol. The number of hydrogen-bond acceptors (Lipinski definition) is 8. The molecule has 0 saturated carbocycles. The van der Waals surface area contributed by atoms with Crippen molar-refractivity contribution in [2.24, 2.45) is 0 Å². The summed E-state index contributed by atoms with van der Waals surface area (Å²) in [5, 5.41) is 4.04. The van der Waals surface area contributed by atoms with Crippen molar-refractivity contribution in [3.8, 4) is 11.3 Å². The van der Waals surface area contributed by atoms with Crippen molar-refractivity contribution < 1.29 is 9.32 Å². The van der Waals surface area contributed by atoms with Crippen LogP contribution in [0.25, 0.3) is 26.6 Å². The molecule has 8 nitrogen and oxygen atoms in total. The minimum absolute atomic E-state index is 0.0970. The largest absolute Gasteiger partial charge is 0.368 e. The number of anilines is 1. The van der Waals surface area contributed by atoms with Gasteiger partial charge in [-0.2, -0.15) is 0 Å². The highest BCUT2D eigenvalue weighted by atomic mass is 32.1. The van der Waals surface area contributed by atoms with E-state index in [2.05, 4.69) is 35.9 Å². The number of carbonyl (C=O) groups excluding carboxylic acids is 1. The van der Waals surface area contributed by atoms with Gasteiger partial charge in [-0.1, -0.05) is 61.5 Å². The van der Waals surface area contributed by atoms with Gasteiger partial charge in [-0.3, -0.25) is 9.20 Å².